The third-order valence-corrected chi connectivity index (χ3v) is 13.6. The topological polar surface area (TPSA) is 18.5 Å². The van der Waals surface area contributed by atoms with Crippen molar-refractivity contribution < 1.29 is 9.47 Å². The molecule has 0 saturated heterocycles. The lowest BCUT2D eigenvalue weighted by Gasteiger charge is -2.21. The van der Waals surface area contributed by atoms with E-state index in [0.717, 1.165) is 24.3 Å². The van der Waals surface area contributed by atoms with Crippen molar-refractivity contribution in [2.45, 2.75) is 65.2 Å². The molecule has 6 aromatic carbocycles. The highest BCUT2D eigenvalue weighted by atomic mass is 32.1. The van der Waals surface area contributed by atoms with Gasteiger partial charge in [-0.15, -0.1) is 22.7 Å². The molecule has 0 atom stereocenters. The Morgan fingerprint density at radius 1 is 0.500 bits per heavy atom. The van der Waals surface area contributed by atoms with Gasteiger partial charge in [0.1, 0.15) is 11.5 Å². The molecule has 2 aromatic heterocycles. The van der Waals surface area contributed by atoms with Crippen LogP contribution in [0, 0.1) is 0 Å². The van der Waals surface area contributed by atoms with Crippen molar-refractivity contribution in [3.63, 3.8) is 0 Å². The SMILES string of the molecule is CCCCCc1c2c(c(CCCCC)c3c4sc(-c5ccc(OC)cc5)cc4c4cc(-c5ccc(OC)cc5)sc4c13)-c1cccc3cccc-2c13. The molecule has 0 aliphatic heterocycles. The molecular formula is C48H44O2S2. The molecule has 8 aromatic rings. The summed E-state index contributed by atoms with van der Waals surface area (Å²) >= 11 is 3.96. The van der Waals surface area contributed by atoms with E-state index in [1.165, 1.54) is 123 Å². The number of unbranched alkanes of at least 4 members (excludes halogenated alkanes) is 4. The summed E-state index contributed by atoms with van der Waals surface area (Å²) in [6, 6.07) is 36.1. The van der Waals surface area contributed by atoms with E-state index in [1.807, 2.05) is 22.7 Å². The maximum atomic E-state index is 5.54. The molecule has 0 bridgehead atoms. The molecule has 0 fully saturated rings. The van der Waals surface area contributed by atoms with E-state index < -0.39 is 0 Å². The molecule has 0 saturated carbocycles. The number of hydrogen-bond acceptors (Lipinski definition) is 4. The van der Waals surface area contributed by atoms with Crippen molar-refractivity contribution in [2.75, 3.05) is 14.2 Å². The second-order valence-electron chi connectivity index (χ2n) is 14.2. The van der Waals surface area contributed by atoms with Crippen LogP contribution in [0.1, 0.15) is 63.5 Å². The molecule has 4 heteroatoms. The molecule has 1 aliphatic rings. The van der Waals surface area contributed by atoms with Crippen LogP contribution in [0.25, 0.3) is 84.9 Å². The van der Waals surface area contributed by atoms with E-state index >= 15 is 0 Å². The summed E-state index contributed by atoms with van der Waals surface area (Å²) < 4.78 is 14.0. The Morgan fingerprint density at radius 2 is 0.942 bits per heavy atom. The molecule has 0 amide bonds. The van der Waals surface area contributed by atoms with Gasteiger partial charge in [-0.3, -0.25) is 0 Å². The van der Waals surface area contributed by atoms with E-state index in [9.17, 15) is 0 Å². The molecule has 2 heterocycles. The number of hydrogen-bond donors (Lipinski definition) is 0. The standard InChI is InChI=1S/C48H44O2S2/c1-5-7-9-15-36-43-34-17-11-13-31-14-12-18-35(42(31)34)44(43)37(16-10-8-6-2)46-45(36)47-38(27-40(51-47)29-19-23-32(49-3)24-20-29)39-28-41(52-48(39)46)30-21-25-33(50-4)26-22-30/h11-14,17-28H,5-10,15-16H2,1-4H3. The predicted molar refractivity (Wildman–Crippen MR) is 227 cm³/mol. The first kappa shape index (κ1) is 33.2. The first-order chi connectivity index (χ1) is 25.6. The normalized spacial score (nSPS) is 12.1. The lowest BCUT2D eigenvalue weighted by Crippen LogP contribution is -2.00. The molecule has 0 spiro atoms. The summed E-state index contributed by atoms with van der Waals surface area (Å²) in [5.41, 5.74) is 11.5. The van der Waals surface area contributed by atoms with Gasteiger partial charge in [-0.25, -0.2) is 0 Å². The van der Waals surface area contributed by atoms with Crippen LogP contribution in [0.3, 0.4) is 0 Å². The summed E-state index contributed by atoms with van der Waals surface area (Å²) in [4.78, 5) is 2.61. The molecule has 0 N–H and O–H groups in total. The quantitative estimate of drug-likeness (QED) is 0.117. The Labute approximate surface area is 314 Å². The molecule has 260 valence electrons. The van der Waals surface area contributed by atoms with Crippen molar-refractivity contribution in [1.29, 1.82) is 0 Å². The Morgan fingerprint density at radius 3 is 1.35 bits per heavy atom. The number of ether oxygens (including phenoxy) is 2. The van der Waals surface area contributed by atoms with Crippen LogP contribution in [0.4, 0.5) is 0 Å². The van der Waals surface area contributed by atoms with Gasteiger partial charge in [0.25, 0.3) is 0 Å². The van der Waals surface area contributed by atoms with Gasteiger partial charge in [0.05, 0.1) is 14.2 Å². The predicted octanol–water partition coefficient (Wildman–Crippen LogP) is 14.9. The maximum Gasteiger partial charge on any atom is 0.118 e. The molecule has 9 rings (SSSR count). The fourth-order valence-electron chi connectivity index (χ4n) is 8.66. The van der Waals surface area contributed by atoms with Gasteiger partial charge < -0.3 is 9.47 Å². The van der Waals surface area contributed by atoms with Gasteiger partial charge in [0, 0.05) is 40.7 Å². The van der Waals surface area contributed by atoms with Crippen molar-refractivity contribution in [2.24, 2.45) is 0 Å². The molecule has 0 unspecified atom stereocenters. The first-order valence-corrected chi connectivity index (χ1v) is 20.6. The minimum absolute atomic E-state index is 0.888. The lowest BCUT2D eigenvalue weighted by molar-refractivity contribution is 0.415. The van der Waals surface area contributed by atoms with Crippen LogP contribution in [-0.2, 0) is 12.8 Å². The molecule has 2 nitrogen and oxygen atoms in total. The summed E-state index contributed by atoms with van der Waals surface area (Å²) in [6.07, 6.45) is 9.44. The van der Waals surface area contributed by atoms with Crippen LogP contribution in [-0.4, -0.2) is 14.2 Å². The summed E-state index contributed by atoms with van der Waals surface area (Å²) in [6.45, 7) is 4.65. The van der Waals surface area contributed by atoms with Gasteiger partial charge >= 0.3 is 0 Å². The summed E-state index contributed by atoms with van der Waals surface area (Å²) in [5.74, 6) is 1.78. The van der Waals surface area contributed by atoms with Gasteiger partial charge in [0.2, 0.25) is 0 Å². The summed E-state index contributed by atoms with van der Waals surface area (Å²) in [7, 11) is 3.48. The number of methoxy groups -OCH3 is 2. The monoisotopic (exact) mass is 716 g/mol. The molecule has 1 aliphatic carbocycles. The minimum atomic E-state index is 0.888. The highest BCUT2D eigenvalue weighted by Crippen LogP contribution is 2.57. The first-order valence-electron chi connectivity index (χ1n) is 18.9. The van der Waals surface area contributed by atoms with Gasteiger partial charge in [-0.05, 0) is 142 Å². The third-order valence-electron chi connectivity index (χ3n) is 11.2. The van der Waals surface area contributed by atoms with Crippen molar-refractivity contribution in [3.05, 3.63) is 108 Å². The zero-order valence-electron chi connectivity index (χ0n) is 30.5. The largest absolute Gasteiger partial charge is 0.497 e. The Balaban J connectivity index is 1.45. The van der Waals surface area contributed by atoms with Crippen LogP contribution < -0.4 is 9.47 Å². The van der Waals surface area contributed by atoms with E-state index in [1.54, 1.807) is 25.3 Å². The number of aryl methyl sites for hydroxylation is 2. The highest BCUT2D eigenvalue weighted by Gasteiger charge is 2.31. The Bertz CT molecular complexity index is 2430. The zero-order chi connectivity index (χ0) is 35.3. The van der Waals surface area contributed by atoms with Gasteiger partial charge in [-0.1, -0.05) is 75.9 Å². The molecule has 52 heavy (non-hydrogen) atoms. The fourth-order valence-corrected chi connectivity index (χ4v) is 11.2. The second kappa shape index (κ2) is 13.7. The Kier molecular flexibility index (Phi) is 8.77. The third kappa shape index (κ3) is 5.33. The molecular weight excluding hydrogens is 673 g/mol. The highest BCUT2D eigenvalue weighted by molar-refractivity contribution is 7.25. The number of thiophene rings is 2. The molecule has 0 radical (unpaired) electrons. The average Bonchev–Trinajstić information content (AvgIpc) is 3.92. The fraction of sp³-hybridized carbons (Fsp3) is 0.250. The maximum absolute atomic E-state index is 5.54. The van der Waals surface area contributed by atoms with E-state index in [4.69, 9.17) is 9.47 Å². The Hall–Kier alpha value is -4.64. The lowest BCUT2D eigenvalue weighted by atomic mass is 9.83. The van der Waals surface area contributed by atoms with Crippen LogP contribution >= 0.6 is 22.7 Å². The number of fused-ring (bicyclic) bond motifs is 9. The number of benzene rings is 6. The minimum Gasteiger partial charge on any atom is -0.497 e. The second-order valence-corrected chi connectivity index (χ2v) is 16.3. The van der Waals surface area contributed by atoms with Gasteiger partial charge in [0.15, 0.2) is 0 Å². The van der Waals surface area contributed by atoms with E-state index in [-0.39, 0.29) is 0 Å². The van der Waals surface area contributed by atoms with Crippen molar-refractivity contribution >= 4 is 64.4 Å². The van der Waals surface area contributed by atoms with Crippen molar-refractivity contribution in [1.82, 2.24) is 0 Å². The van der Waals surface area contributed by atoms with Crippen LogP contribution in [0.5, 0.6) is 11.5 Å². The number of rotatable bonds is 12. The average molecular weight is 717 g/mol. The summed E-state index contributed by atoms with van der Waals surface area (Å²) in [5, 5.41) is 8.54. The smallest absolute Gasteiger partial charge is 0.118 e. The van der Waals surface area contributed by atoms with E-state index in [2.05, 4.69) is 111 Å². The zero-order valence-corrected chi connectivity index (χ0v) is 32.2. The van der Waals surface area contributed by atoms with Gasteiger partial charge in [-0.2, -0.15) is 0 Å². The van der Waals surface area contributed by atoms with E-state index in [0.29, 0.717) is 0 Å². The van der Waals surface area contributed by atoms with Crippen LogP contribution in [0.2, 0.25) is 0 Å². The van der Waals surface area contributed by atoms with Crippen LogP contribution in [0.15, 0.2) is 97.1 Å². The van der Waals surface area contributed by atoms with Crippen molar-refractivity contribution in [3.8, 4) is 54.6 Å².